The molecule has 0 unspecified atom stereocenters. The number of carbonyl (C=O) groups excluding carboxylic acids is 1. The SMILES string of the molecule is CN1CCN(c2ccc(C(=O)Oc3c(-c4ccc(O)c(O)c4)oc4cc(O)cc(O)c4c3=O)cc2)CC1. The van der Waals surface area contributed by atoms with Crippen LogP contribution in [-0.2, 0) is 0 Å². The molecule has 0 aliphatic carbocycles. The fraction of sp³-hybridized carbons (Fsp3) is 0.185. The van der Waals surface area contributed by atoms with E-state index in [1.807, 2.05) is 0 Å². The number of rotatable bonds is 4. The van der Waals surface area contributed by atoms with Gasteiger partial charge in [0.15, 0.2) is 17.3 Å². The number of hydrogen-bond donors (Lipinski definition) is 4. The molecule has 0 spiro atoms. The van der Waals surface area contributed by atoms with Crippen LogP contribution < -0.4 is 15.1 Å². The number of anilines is 1. The summed E-state index contributed by atoms with van der Waals surface area (Å²) in [6.45, 7) is 3.59. The Kier molecular flexibility index (Phi) is 6.10. The van der Waals surface area contributed by atoms with Gasteiger partial charge in [-0.05, 0) is 49.5 Å². The van der Waals surface area contributed by atoms with Gasteiger partial charge in [-0.3, -0.25) is 4.79 Å². The number of likely N-dealkylation sites (N-methyl/N-ethyl adjacent to an activating group) is 1. The molecule has 0 saturated carbocycles. The van der Waals surface area contributed by atoms with Crippen molar-refractivity contribution in [2.75, 3.05) is 38.1 Å². The molecular formula is C27H24N2O8. The maximum atomic E-state index is 13.4. The van der Waals surface area contributed by atoms with Crippen molar-refractivity contribution in [3.8, 4) is 40.1 Å². The molecule has 0 bridgehead atoms. The number of nitrogens with zero attached hydrogens (tertiary/aromatic N) is 2. The predicted molar refractivity (Wildman–Crippen MR) is 136 cm³/mol. The molecule has 190 valence electrons. The van der Waals surface area contributed by atoms with E-state index in [0.29, 0.717) is 0 Å². The minimum Gasteiger partial charge on any atom is -0.508 e. The second-order valence-electron chi connectivity index (χ2n) is 8.86. The highest BCUT2D eigenvalue weighted by atomic mass is 16.5. The van der Waals surface area contributed by atoms with Gasteiger partial charge in [-0.2, -0.15) is 0 Å². The second kappa shape index (κ2) is 9.40. The van der Waals surface area contributed by atoms with Crippen molar-refractivity contribution in [1.82, 2.24) is 4.90 Å². The van der Waals surface area contributed by atoms with Crippen LogP contribution in [0.25, 0.3) is 22.3 Å². The Balaban J connectivity index is 1.54. The number of esters is 1. The molecule has 1 aliphatic heterocycles. The minimum atomic E-state index is -0.858. The third-order valence-electron chi connectivity index (χ3n) is 6.32. The second-order valence-corrected chi connectivity index (χ2v) is 8.86. The van der Waals surface area contributed by atoms with Gasteiger partial charge in [0.05, 0.1) is 5.56 Å². The normalized spacial score (nSPS) is 14.1. The van der Waals surface area contributed by atoms with Crippen LogP contribution in [0.5, 0.6) is 28.7 Å². The molecule has 1 aromatic heterocycles. The predicted octanol–water partition coefficient (Wildman–Crippen LogP) is 3.25. The van der Waals surface area contributed by atoms with Crippen LogP contribution in [0.3, 0.4) is 0 Å². The van der Waals surface area contributed by atoms with Crippen molar-refractivity contribution < 1.29 is 34.4 Å². The monoisotopic (exact) mass is 504 g/mol. The maximum absolute atomic E-state index is 13.4. The molecule has 0 atom stereocenters. The molecule has 0 radical (unpaired) electrons. The standard InChI is InChI=1S/C27H24N2O8/c1-28-8-10-29(11-9-28)17-5-2-15(3-6-17)27(35)37-26-24(34)23-21(33)13-18(30)14-22(23)36-25(26)16-4-7-19(31)20(32)12-16/h2-7,12-14,30-33H,8-11H2,1H3. The Morgan fingerprint density at radius 2 is 1.57 bits per heavy atom. The molecule has 10 nitrogen and oxygen atoms in total. The Labute approximate surface area is 210 Å². The van der Waals surface area contributed by atoms with Gasteiger partial charge in [-0.15, -0.1) is 0 Å². The van der Waals surface area contributed by atoms with Crippen molar-refractivity contribution in [1.29, 1.82) is 0 Å². The Hall–Kier alpha value is -4.70. The summed E-state index contributed by atoms with van der Waals surface area (Å²) in [5, 5.41) is 39.5. The van der Waals surface area contributed by atoms with E-state index in [1.54, 1.807) is 24.3 Å². The maximum Gasteiger partial charge on any atom is 0.343 e. The lowest BCUT2D eigenvalue weighted by molar-refractivity contribution is 0.0731. The van der Waals surface area contributed by atoms with Crippen molar-refractivity contribution >= 4 is 22.6 Å². The Morgan fingerprint density at radius 3 is 2.24 bits per heavy atom. The largest absolute Gasteiger partial charge is 0.508 e. The van der Waals surface area contributed by atoms with E-state index in [0.717, 1.165) is 50.1 Å². The molecular weight excluding hydrogens is 480 g/mol. The first-order valence-electron chi connectivity index (χ1n) is 11.5. The summed E-state index contributed by atoms with van der Waals surface area (Å²) in [5.74, 6) is -3.39. The molecule has 37 heavy (non-hydrogen) atoms. The summed E-state index contributed by atoms with van der Waals surface area (Å²) in [5.41, 5.74) is 0.238. The van der Waals surface area contributed by atoms with Crippen LogP contribution in [-0.4, -0.2) is 64.5 Å². The lowest BCUT2D eigenvalue weighted by Gasteiger charge is -2.34. The van der Waals surface area contributed by atoms with Crippen LogP contribution in [0.4, 0.5) is 5.69 Å². The number of phenolic OH excluding ortho intramolecular Hbond substituents is 4. The molecule has 1 aliphatic rings. The molecule has 2 heterocycles. The fourth-order valence-electron chi connectivity index (χ4n) is 4.24. The Bertz CT molecular complexity index is 1550. The number of aromatic hydroxyl groups is 4. The van der Waals surface area contributed by atoms with E-state index >= 15 is 0 Å². The van der Waals surface area contributed by atoms with E-state index in [1.165, 1.54) is 12.1 Å². The van der Waals surface area contributed by atoms with Gasteiger partial charge in [0.25, 0.3) is 0 Å². The highest BCUT2D eigenvalue weighted by Gasteiger charge is 2.24. The molecule has 0 amide bonds. The first kappa shape index (κ1) is 24.0. The van der Waals surface area contributed by atoms with E-state index in [9.17, 15) is 30.0 Å². The number of phenols is 4. The third kappa shape index (κ3) is 4.62. The fourth-order valence-corrected chi connectivity index (χ4v) is 4.24. The van der Waals surface area contributed by atoms with Crippen molar-refractivity contribution in [3.63, 3.8) is 0 Å². The van der Waals surface area contributed by atoms with E-state index < -0.39 is 34.4 Å². The van der Waals surface area contributed by atoms with Crippen molar-refractivity contribution in [2.24, 2.45) is 0 Å². The van der Waals surface area contributed by atoms with Gasteiger partial charge in [-0.25, -0.2) is 4.79 Å². The molecule has 1 fully saturated rings. The van der Waals surface area contributed by atoms with E-state index in [-0.39, 0.29) is 33.6 Å². The zero-order valence-corrected chi connectivity index (χ0v) is 19.8. The van der Waals surface area contributed by atoms with Gasteiger partial charge >= 0.3 is 5.97 Å². The molecule has 1 saturated heterocycles. The van der Waals surface area contributed by atoms with E-state index in [2.05, 4.69) is 16.8 Å². The van der Waals surface area contributed by atoms with Crippen LogP contribution in [0.1, 0.15) is 10.4 Å². The molecule has 5 rings (SSSR count). The van der Waals surface area contributed by atoms with Crippen LogP contribution in [0, 0.1) is 0 Å². The molecule has 4 aromatic rings. The number of hydrogen-bond acceptors (Lipinski definition) is 10. The third-order valence-corrected chi connectivity index (χ3v) is 6.32. The van der Waals surface area contributed by atoms with Crippen molar-refractivity contribution in [3.05, 3.63) is 70.4 Å². The topological polar surface area (TPSA) is 144 Å². The molecule has 4 N–H and O–H groups in total. The van der Waals surface area contributed by atoms with Crippen LogP contribution >= 0.6 is 0 Å². The van der Waals surface area contributed by atoms with Gasteiger partial charge in [0.1, 0.15) is 22.5 Å². The van der Waals surface area contributed by atoms with Gasteiger partial charge in [-0.1, -0.05) is 0 Å². The van der Waals surface area contributed by atoms with E-state index in [4.69, 9.17) is 9.15 Å². The number of ether oxygens (including phenoxy) is 1. The highest BCUT2D eigenvalue weighted by Crippen LogP contribution is 2.38. The minimum absolute atomic E-state index is 0.116. The Morgan fingerprint density at radius 1 is 0.865 bits per heavy atom. The zero-order valence-electron chi connectivity index (χ0n) is 19.8. The van der Waals surface area contributed by atoms with Crippen LogP contribution in [0.2, 0.25) is 0 Å². The lowest BCUT2D eigenvalue weighted by atomic mass is 10.1. The summed E-state index contributed by atoms with van der Waals surface area (Å²) >= 11 is 0. The lowest BCUT2D eigenvalue weighted by Crippen LogP contribution is -2.44. The average Bonchev–Trinajstić information content (AvgIpc) is 2.87. The van der Waals surface area contributed by atoms with Gasteiger partial charge < -0.3 is 39.4 Å². The quantitative estimate of drug-likeness (QED) is 0.241. The first-order valence-corrected chi connectivity index (χ1v) is 11.5. The summed E-state index contributed by atoms with van der Waals surface area (Å²) < 4.78 is 11.3. The van der Waals surface area contributed by atoms with Crippen LogP contribution in [0.15, 0.2) is 63.8 Å². The highest BCUT2D eigenvalue weighted by molar-refractivity contribution is 5.94. The number of fused-ring (bicyclic) bond motifs is 1. The number of carbonyl (C=O) groups is 1. The summed E-state index contributed by atoms with van der Waals surface area (Å²) in [6, 6.07) is 12.6. The van der Waals surface area contributed by atoms with Crippen molar-refractivity contribution in [2.45, 2.75) is 0 Å². The number of piperazine rings is 1. The molecule has 3 aromatic carbocycles. The van der Waals surface area contributed by atoms with Gasteiger partial charge in [0.2, 0.25) is 11.2 Å². The smallest absolute Gasteiger partial charge is 0.343 e. The zero-order chi connectivity index (χ0) is 26.3. The van der Waals surface area contributed by atoms with Gasteiger partial charge in [0, 0.05) is 49.6 Å². The summed E-state index contributed by atoms with van der Waals surface area (Å²) in [4.78, 5) is 30.9. The molecule has 10 heteroatoms. The summed E-state index contributed by atoms with van der Waals surface area (Å²) in [6.07, 6.45) is 0. The average molecular weight is 504 g/mol. The number of benzene rings is 3. The first-order chi connectivity index (χ1) is 17.7. The summed E-state index contributed by atoms with van der Waals surface area (Å²) in [7, 11) is 2.07.